The summed E-state index contributed by atoms with van der Waals surface area (Å²) < 4.78 is 1.16. The molecule has 0 aliphatic rings. The van der Waals surface area contributed by atoms with E-state index in [2.05, 4.69) is 10.1 Å². The molecule has 0 aliphatic heterocycles. The number of aromatic amines is 1. The second-order valence-corrected chi connectivity index (χ2v) is 5.20. The standard InChI is InChI=1S/C14H11N3O2S/c1-9-2-4-10(5-3-9)11-8-20-14(15-11)17-13(19)7-6-12(18)16-17/h2-8H,1H3,(H,16,18). The van der Waals surface area contributed by atoms with Crippen LogP contribution >= 0.6 is 11.3 Å². The van der Waals surface area contributed by atoms with Crippen molar-refractivity contribution >= 4 is 11.3 Å². The molecule has 2 heterocycles. The molecule has 0 spiro atoms. The third kappa shape index (κ3) is 2.33. The second-order valence-electron chi connectivity index (χ2n) is 4.36. The highest BCUT2D eigenvalue weighted by atomic mass is 32.1. The summed E-state index contributed by atoms with van der Waals surface area (Å²) in [6.45, 7) is 2.02. The van der Waals surface area contributed by atoms with Crippen molar-refractivity contribution in [3.8, 4) is 16.4 Å². The molecule has 3 aromatic rings. The van der Waals surface area contributed by atoms with Gasteiger partial charge in [0.15, 0.2) is 0 Å². The topological polar surface area (TPSA) is 67.8 Å². The van der Waals surface area contributed by atoms with Crippen LogP contribution in [0.2, 0.25) is 0 Å². The Balaban J connectivity index is 2.06. The van der Waals surface area contributed by atoms with Gasteiger partial charge >= 0.3 is 0 Å². The van der Waals surface area contributed by atoms with E-state index in [1.54, 1.807) is 0 Å². The largest absolute Gasteiger partial charge is 0.272 e. The fourth-order valence-corrected chi connectivity index (χ4v) is 2.59. The molecule has 6 heteroatoms. The Kier molecular flexibility index (Phi) is 3.08. The zero-order chi connectivity index (χ0) is 14.1. The number of hydrogen-bond donors (Lipinski definition) is 1. The third-order valence-corrected chi connectivity index (χ3v) is 3.68. The molecule has 0 saturated heterocycles. The highest BCUT2D eigenvalue weighted by molar-refractivity contribution is 7.12. The highest BCUT2D eigenvalue weighted by Gasteiger charge is 2.08. The monoisotopic (exact) mass is 285 g/mol. The van der Waals surface area contributed by atoms with Crippen LogP contribution in [0.4, 0.5) is 0 Å². The molecule has 1 N–H and O–H groups in total. The summed E-state index contributed by atoms with van der Waals surface area (Å²) >= 11 is 1.31. The van der Waals surface area contributed by atoms with Gasteiger partial charge in [-0.1, -0.05) is 29.8 Å². The van der Waals surface area contributed by atoms with Crippen molar-refractivity contribution in [3.63, 3.8) is 0 Å². The number of H-pyrrole nitrogens is 1. The number of thiazole rings is 1. The van der Waals surface area contributed by atoms with Gasteiger partial charge < -0.3 is 0 Å². The molecule has 5 nitrogen and oxygen atoms in total. The van der Waals surface area contributed by atoms with Gasteiger partial charge in [0.1, 0.15) is 0 Å². The summed E-state index contributed by atoms with van der Waals surface area (Å²) in [5.41, 5.74) is 2.28. The lowest BCUT2D eigenvalue weighted by atomic mass is 10.1. The molecular formula is C14H11N3O2S. The number of rotatable bonds is 2. The van der Waals surface area contributed by atoms with Crippen molar-refractivity contribution in [3.05, 3.63) is 68.0 Å². The Morgan fingerprint density at radius 2 is 1.85 bits per heavy atom. The van der Waals surface area contributed by atoms with Crippen LogP contribution in [0, 0.1) is 6.92 Å². The Hall–Kier alpha value is -2.47. The summed E-state index contributed by atoms with van der Waals surface area (Å²) in [4.78, 5) is 27.4. The van der Waals surface area contributed by atoms with E-state index in [-0.39, 0.29) is 11.1 Å². The van der Waals surface area contributed by atoms with Crippen LogP contribution in [0.15, 0.2) is 51.4 Å². The average Bonchev–Trinajstić information content (AvgIpc) is 2.92. The number of nitrogens with one attached hydrogen (secondary N) is 1. The van der Waals surface area contributed by atoms with Gasteiger partial charge in [0.25, 0.3) is 11.1 Å². The summed E-state index contributed by atoms with van der Waals surface area (Å²) in [7, 11) is 0. The third-order valence-electron chi connectivity index (χ3n) is 2.85. The van der Waals surface area contributed by atoms with Gasteiger partial charge in [0.2, 0.25) is 5.13 Å². The van der Waals surface area contributed by atoms with Crippen LogP contribution in [-0.4, -0.2) is 14.8 Å². The molecule has 2 aromatic heterocycles. The Bertz CT molecular complexity index is 859. The maximum atomic E-state index is 11.7. The van der Waals surface area contributed by atoms with Crippen LogP contribution in [-0.2, 0) is 0 Å². The number of nitrogens with zero attached hydrogens (tertiary/aromatic N) is 2. The minimum Gasteiger partial charge on any atom is -0.268 e. The zero-order valence-electron chi connectivity index (χ0n) is 10.7. The lowest BCUT2D eigenvalue weighted by Gasteiger charge is -1.99. The van der Waals surface area contributed by atoms with Crippen molar-refractivity contribution in [2.45, 2.75) is 6.92 Å². The molecule has 1 aromatic carbocycles. The lowest BCUT2D eigenvalue weighted by molar-refractivity contribution is 0.780. The van der Waals surface area contributed by atoms with E-state index in [4.69, 9.17) is 0 Å². The fourth-order valence-electron chi connectivity index (χ4n) is 1.79. The first-order valence-electron chi connectivity index (χ1n) is 5.99. The quantitative estimate of drug-likeness (QED) is 0.782. The average molecular weight is 285 g/mol. The van der Waals surface area contributed by atoms with Crippen LogP contribution in [0.3, 0.4) is 0 Å². The van der Waals surface area contributed by atoms with Crippen molar-refractivity contribution in [2.75, 3.05) is 0 Å². The van der Waals surface area contributed by atoms with Crippen molar-refractivity contribution in [1.82, 2.24) is 14.8 Å². The molecule has 0 saturated carbocycles. The molecule has 3 rings (SSSR count). The first-order chi connectivity index (χ1) is 9.63. The van der Waals surface area contributed by atoms with Crippen LogP contribution in [0.25, 0.3) is 16.4 Å². The number of benzene rings is 1. The number of aromatic nitrogens is 3. The van der Waals surface area contributed by atoms with Crippen molar-refractivity contribution in [2.24, 2.45) is 0 Å². The van der Waals surface area contributed by atoms with Gasteiger partial charge in [-0.05, 0) is 6.92 Å². The summed E-state index contributed by atoms with van der Waals surface area (Å²) in [5, 5.41) is 4.77. The fraction of sp³-hybridized carbons (Fsp3) is 0.0714. The van der Waals surface area contributed by atoms with Crippen molar-refractivity contribution in [1.29, 1.82) is 0 Å². The molecular weight excluding hydrogens is 274 g/mol. The van der Waals surface area contributed by atoms with E-state index < -0.39 is 0 Å². The number of aryl methyl sites for hydroxylation is 1. The van der Waals surface area contributed by atoms with Crippen molar-refractivity contribution < 1.29 is 0 Å². The smallest absolute Gasteiger partial charge is 0.268 e. The maximum Gasteiger partial charge on any atom is 0.272 e. The van der Waals surface area contributed by atoms with E-state index in [0.29, 0.717) is 5.13 Å². The zero-order valence-corrected chi connectivity index (χ0v) is 11.5. The molecule has 0 fully saturated rings. The Labute approximate surface area is 118 Å². The predicted octanol–water partition coefficient (Wildman–Crippen LogP) is 1.96. The lowest BCUT2D eigenvalue weighted by Crippen LogP contribution is -2.26. The first-order valence-corrected chi connectivity index (χ1v) is 6.87. The van der Waals surface area contributed by atoms with Gasteiger partial charge in [-0.3, -0.25) is 14.7 Å². The molecule has 0 amide bonds. The van der Waals surface area contributed by atoms with Crippen LogP contribution in [0.1, 0.15) is 5.56 Å². The van der Waals surface area contributed by atoms with Gasteiger partial charge in [0.05, 0.1) is 5.69 Å². The molecule has 0 radical (unpaired) electrons. The molecule has 100 valence electrons. The Morgan fingerprint density at radius 3 is 2.60 bits per heavy atom. The second kappa shape index (κ2) is 4.90. The van der Waals surface area contributed by atoms with Gasteiger partial charge in [-0.15, -0.1) is 11.3 Å². The molecule has 0 bridgehead atoms. The molecule has 0 aliphatic carbocycles. The van der Waals surface area contributed by atoms with E-state index >= 15 is 0 Å². The first kappa shape index (κ1) is 12.6. The van der Waals surface area contributed by atoms with Crippen LogP contribution < -0.4 is 11.1 Å². The van der Waals surface area contributed by atoms with E-state index in [1.807, 2.05) is 36.6 Å². The maximum absolute atomic E-state index is 11.7. The van der Waals surface area contributed by atoms with E-state index in [9.17, 15) is 9.59 Å². The van der Waals surface area contributed by atoms with E-state index in [0.717, 1.165) is 15.9 Å². The Morgan fingerprint density at radius 1 is 1.10 bits per heavy atom. The predicted molar refractivity (Wildman–Crippen MR) is 78.5 cm³/mol. The van der Waals surface area contributed by atoms with Gasteiger partial charge in [0, 0.05) is 23.1 Å². The highest BCUT2D eigenvalue weighted by Crippen LogP contribution is 2.23. The molecule has 0 atom stereocenters. The normalized spacial score (nSPS) is 10.7. The summed E-state index contributed by atoms with van der Waals surface area (Å²) in [6, 6.07) is 10.4. The summed E-state index contributed by atoms with van der Waals surface area (Å²) in [5.74, 6) is 0. The van der Waals surface area contributed by atoms with E-state index in [1.165, 1.54) is 29.0 Å². The SMILES string of the molecule is Cc1ccc(-c2csc(-n3[nH]c(=O)ccc3=O)n2)cc1. The number of hydrogen-bond acceptors (Lipinski definition) is 4. The van der Waals surface area contributed by atoms with Gasteiger partial charge in [-0.2, -0.15) is 4.68 Å². The minimum atomic E-state index is -0.336. The summed E-state index contributed by atoms with van der Waals surface area (Å²) in [6.07, 6.45) is 0. The molecule has 20 heavy (non-hydrogen) atoms. The molecule has 0 unspecified atom stereocenters. The minimum absolute atomic E-state index is 0.311. The van der Waals surface area contributed by atoms with Crippen LogP contribution in [0.5, 0.6) is 0 Å². The van der Waals surface area contributed by atoms with Gasteiger partial charge in [-0.25, -0.2) is 4.98 Å².